The average molecular weight is 211 g/mol. The molecule has 1 aromatic carbocycles. The van der Waals surface area contributed by atoms with Gasteiger partial charge in [-0.25, -0.2) is 0 Å². The van der Waals surface area contributed by atoms with Crippen molar-refractivity contribution in [1.29, 1.82) is 5.26 Å². The predicted molar refractivity (Wildman–Crippen MR) is 55.2 cm³/mol. The van der Waals surface area contributed by atoms with Crippen molar-refractivity contribution in [2.75, 3.05) is 7.11 Å². The lowest BCUT2D eigenvalue weighted by Crippen LogP contribution is -2.31. The molecule has 1 atom stereocenters. The second-order valence-corrected chi connectivity index (χ2v) is 3.60. The fourth-order valence-electron chi connectivity index (χ4n) is 1.15. The fraction of sp³-hybridized carbons (Fsp3) is 0.300. The second-order valence-electron chi connectivity index (χ2n) is 3.16. The summed E-state index contributed by atoms with van der Waals surface area (Å²) in [5, 5.41) is 9.42. The lowest BCUT2D eigenvalue weighted by molar-refractivity contribution is 0.401. The van der Waals surface area contributed by atoms with Crippen molar-refractivity contribution in [3.8, 4) is 11.8 Å². The first-order valence-corrected chi connectivity index (χ1v) is 4.43. The van der Waals surface area contributed by atoms with Crippen LogP contribution >= 0.6 is 11.6 Å². The predicted octanol–water partition coefficient (Wildman–Crippen LogP) is 2.05. The molecule has 1 aromatic rings. The summed E-state index contributed by atoms with van der Waals surface area (Å²) in [5.41, 5.74) is 5.29. The van der Waals surface area contributed by atoms with E-state index in [2.05, 4.69) is 0 Å². The van der Waals surface area contributed by atoms with Gasteiger partial charge < -0.3 is 10.5 Å². The Morgan fingerprint density at radius 3 is 2.71 bits per heavy atom. The van der Waals surface area contributed by atoms with Crippen LogP contribution in [0.15, 0.2) is 18.2 Å². The van der Waals surface area contributed by atoms with Crippen LogP contribution in [0.5, 0.6) is 5.75 Å². The first kappa shape index (κ1) is 10.8. The number of ether oxygens (including phenoxy) is 1. The summed E-state index contributed by atoms with van der Waals surface area (Å²) in [6, 6.07) is 7.03. The fourth-order valence-corrected chi connectivity index (χ4v) is 1.32. The summed E-state index contributed by atoms with van der Waals surface area (Å²) >= 11 is 5.82. The molecular weight excluding hydrogens is 200 g/mol. The van der Waals surface area contributed by atoms with Crippen LogP contribution in [0.25, 0.3) is 0 Å². The monoisotopic (exact) mass is 210 g/mol. The molecule has 0 aliphatic carbocycles. The van der Waals surface area contributed by atoms with Gasteiger partial charge in [0.05, 0.1) is 13.2 Å². The lowest BCUT2D eigenvalue weighted by Gasteiger charge is -2.19. The maximum atomic E-state index is 8.88. The minimum absolute atomic E-state index is 0.535. The zero-order chi connectivity index (χ0) is 10.8. The number of nitriles is 1. The third-order valence-electron chi connectivity index (χ3n) is 1.95. The van der Waals surface area contributed by atoms with Crippen LogP contribution in [0, 0.1) is 11.3 Å². The van der Waals surface area contributed by atoms with Gasteiger partial charge >= 0.3 is 0 Å². The van der Waals surface area contributed by atoms with Crippen LogP contribution in [0.2, 0.25) is 5.02 Å². The van der Waals surface area contributed by atoms with Gasteiger partial charge in [0, 0.05) is 10.6 Å². The topological polar surface area (TPSA) is 59.0 Å². The Hall–Kier alpha value is -1.24. The standard InChI is InChI=1S/C10H11ClN2O/c1-10(13,6-12)8-5-7(11)3-4-9(8)14-2/h3-5H,13H2,1-2H3/t10-/m1/s1. The second kappa shape index (κ2) is 3.87. The van der Waals surface area contributed by atoms with Gasteiger partial charge in [-0.3, -0.25) is 0 Å². The van der Waals surface area contributed by atoms with Crippen molar-refractivity contribution in [2.45, 2.75) is 12.5 Å². The molecule has 14 heavy (non-hydrogen) atoms. The Labute approximate surface area is 88.0 Å². The molecule has 3 nitrogen and oxygen atoms in total. The summed E-state index contributed by atoms with van der Waals surface area (Å²) in [4.78, 5) is 0. The molecule has 0 fully saturated rings. The number of benzene rings is 1. The van der Waals surface area contributed by atoms with Crippen LogP contribution in [0.4, 0.5) is 0 Å². The number of hydrogen-bond donors (Lipinski definition) is 1. The molecule has 0 spiro atoms. The molecule has 0 saturated heterocycles. The zero-order valence-electron chi connectivity index (χ0n) is 8.04. The molecule has 4 heteroatoms. The Balaban J connectivity index is 3.32. The highest BCUT2D eigenvalue weighted by molar-refractivity contribution is 6.30. The van der Waals surface area contributed by atoms with Gasteiger partial charge in [0.2, 0.25) is 0 Å². The minimum atomic E-state index is -1.09. The van der Waals surface area contributed by atoms with E-state index in [9.17, 15) is 0 Å². The third kappa shape index (κ3) is 1.98. The van der Waals surface area contributed by atoms with Gasteiger partial charge in [-0.15, -0.1) is 0 Å². The molecule has 0 aromatic heterocycles. The van der Waals surface area contributed by atoms with E-state index in [4.69, 9.17) is 27.3 Å². The molecule has 74 valence electrons. The summed E-state index contributed by atoms with van der Waals surface area (Å²) in [6.45, 7) is 1.61. The van der Waals surface area contributed by atoms with Gasteiger partial charge in [-0.2, -0.15) is 5.26 Å². The maximum Gasteiger partial charge on any atom is 0.130 e. The van der Waals surface area contributed by atoms with Gasteiger partial charge in [0.25, 0.3) is 0 Å². The summed E-state index contributed by atoms with van der Waals surface area (Å²) in [7, 11) is 1.53. The highest BCUT2D eigenvalue weighted by Gasteiger charge is 2.24. The van der Waals surface area contributed by atoms with E-state index in [0.29, 0.717) is 16.3 Å². The van der Waals surface area contributed by atoms with Gasteiger partial charge in [0.15, 0.2) is 0 Å². The molecular formula is C10H11ClN2O. The normalized spacial score (nSPS) is 14.2. The quantitative estimate of drug-likeness (QED) is 0.813. The molecule has 0 amide bonds. The van der Waals surface area contributed by atoms with Crippen molar-refractivity contribution in [2.24, 2.45) is 5.73 Å². The smallest absolute Gasteiger partial charge is 0.130 e. The summed E-state index contributed by atoms with van der Waals surface area (Å²) in [6.07, 6.45) is 0. The number of hydrogen-bond acceptors (Lipinski definition) is 3. The molecule has 2 N–H and O–H groups in total. The van der Waals surface area contributed by atoms with E-state index in [-0.39, 0.29) is 0 Å². The largest absolute Gasteiger partial charge is 0.496 e. The Bertz CT molecular complexity index is 382. The van der Waals surface area contributed by atoms with Crippen molar-refractivity contribution >= 4 is 11.6 Å². The number of methoxy groups -OCH3 is 1. The Morgan fingerprint density at radius 1 is 1.57 bits per heavy atom. The van der Waals surface area contributed by atoms with E-state index in [0.717, 1.165) is 0 Å². The minimum Gasteiger partial charge on any atom is -0.496 e. The number of nitrogens with zero attached hydrogens (tertiary/aromatic N) is 1. The number of halogens is 1. The molecule has 1 rings (SSSR count). The number of nitrogens with two attached hydrogens (primary N) is 1. The molecule has 0 radical (unpaired) electrons. The molecule has 0 heterocycles. The van der Waals surface area contributed by atoms with Gasteiger partial charge in [-0.1, -0.05) is 11.6 Å². The highest BCUT2D eigenvalue weighted by atomic mass is 35.5. The van der Waals surface area contributed by atoms with Crippen LogP contribution in [0.3, 0.4) is 0 Å². The van der Waals surface area contributed by atoms with E-state index in [1.807, 2.05) is 6.07 Å². The van der Waals surface area contributed by atoms with E-state index in [1.54, 1.807) is 25.1 Å². The average Bonchev–Trinajstić information content (AvgIpc) is 2.18. The zero-order valence-corrected chi connectivity index (χ0v) is 8.80. The molecule has 0 unspecified atom stereocenters. The molecule has 0 saturated carbocycles. The number of rotatable bonds is 2. The third-order valence-corrected chi connectivity index (χ3v) is 2.19. The maximum absolute atomic E-state index is 8.88. The molecule has 0 bridgehead atoms. The van der Waals surface area contributed by atoms with E-state index < -0.39 is 5.54 Å². The Morgan fingerprint density at radius 2 is 2.21 bits per heavy atom. The summed E-state index contributed by atoms with van der Waals surface area (Å²) in [5.74, 6) is 0.570. The van der Waals surface area contributed by atoms with Crippen LogP contribution in [0.1, 0.15) is 12.5 Å². The van der Waals surface area contributed by atoms with Crippen molar-refractivity contribution in [1.82, 2.24) is 0 Å². The first-order chi connectivity index (χ1) is 6.51. The summed E-state index contributed by atoms with van der Waals surface area (Å²) < 4.78 is 5.10. The SMILES string of the molecule is COc1ccc(Cl)cc1[C@](C)(N)C#N. The Kier molecular flexibility index (Phi) is 3.00. The van der Waals surface area contributed by atoms with Crippen LogP contribution in [-0.4, -0.2) is 7.11 Å². The van der Waals surface area contributed by atoms with Gasteiger partial charge in [0.1, 0.15) is 11.3 Å². The van der Waals surface area contributed by atoms with Crippen molar-refractivity contribution in [3.05, 3.63) is 28.8 Å². The van der Waals surface area contributed by atoms with Crippen molar-refractivity contribution in [3.63, 3.8) is 0 Å². The van der Waals surface area contributed by atoms with E-state index in [1.165, 1.54) is 7.11 Å². The van der Waals surface area contributed by atoms with E-state index >= 15 is 0 Å². The van der Waals surface area contributed by atoms with Gasteiger partial charge in [-0.05, 0) is 25.1 Å². The molecule has 0 aliphatic rings. The molecule has 0 aliphatic heterocycles. The first-order valence-electron chi connectivity index (χ1n) is 4.05. The van der Waals surface area contributed by atoms with Crippen LogP contribution in [-0.2, 0) is 5.54 Å². The highest BCUT2D eigenvalue weighted by Crippen LogP contribution is 2.30. The van der Waals surface area contributed by atoms with Crippen LogP contribution < -0.4 is 10.5 Å². The van der Waals surface area contributed by atoms with Crippen molar-refractivity contribution < 1.29 is 4.74 Å². The lowest BCUT2D eigenvalue weighted by atomic mass is 9.94.